The SMILES string of the molecule is CC(C)[C@@H](C)NC(=O)[C@H](C)N(c1cccc(Cl)c1)S(C)(=O)=O. The molecule has 0 spiro atoms. The van der Waals surface area contributed by atoms with Crippen LogP contribution >= 0.6 is 11.6 Å². The number of hydrogen-bond donors (Lipinski definition) is 1. The molecule has 0 unspecified atom stereocenters. The summed E-state index contributed by atoms with van der Waals surface area (Å²) >= 11 is 5.93. The maximum Gasteiger partial charge on any atom is 0.243 e. The number of sulfonamides is 1. The molecule has 0 bridgehead atoms. The Labute approximate surface area is 137 Å². The quantitative estimate of drug-likeness (QED) is 0.861. The van der Waals surface area contributed by atoms with Crippen LogP contribution in [0.2, 0.25) is 5.02 Å². The zero-order valence-corrected chi connectivity index (χ0v) is 15.1. The Morgan fingerprint density at radius 2 is 1.82 bits per heavy atom. The lowest BCUT2D eigenvalue weighted by atomic mass is 10.1. The summed E-state index contributed by atoms with van der Waals surface area (Å²) in [6, 6.07) is 5.53. The second-order valence-corrected chi connectivity index (χ2v) is 8.05. The Morgan fingerprint density at radius 1 is 1.23 bits per heavy atom. The molecule has 5 nitrogen and oxygen atoms in total. The van der Waals surface area contributed by atoms with Gasteiger partial charge in [-0.05, 0) is 38.0 Å². The molecule has 1 rings (SSSR count). The van der Waals surface area contributed by atoms with Crippen molar-refractivity contribution in [2.24, 2.45) is 5.92 Å². The van der Waals surface area contributed by atoms with E-state index in [9.17, 15) is 13.2 Å². The minimum absolute atomic E-state index is 0.0456. The molecule has 0 aliphatic carbocycles. The lowest BCUT2D eigenvalue weighted by Gasteiger charge is -2.30. The van der Waals surface area contributed by atoms with E-state index in [1.807, 2.05) is 20.8 Å². The van der Waals surface area contributed by atoms with Gasteiger partial charge in [0.2, 0.25) is 15.9 Å². The number of hydrogen-bond acceptors (Lipinski definition) is 3. The summed E-state index contributed by atoms with van der Waals surface area (Å²) in [5, 5.41) is 3.25. The smallest absolute Gasteiger partial charge is 0.243 e. The van der Waals surface area contributed by atoms with Crippen molar-refractivity contribution in [2.45, 2.75) is 39.8 Å². The van der Waals surface area contributed by atoms with E-state index in [0.29, 0.717) is 10.7 Å². The standard InChI is InChI=1S/C15H23ClN2O3S/c1-10(2)11(3)17-15(19)12(4)18(22(5,20)21)14-8-6-7-13(16)9-14/h6-12H,1-5H3,(H,17,19)/t11-,12+/m1/s1. The molecule has 1 amide bonds. The molecule has 1 aromatic rings. The zero-order chi connectivity index (χ0) is 17.1. The van der Waals surface area contributed by atoms with Crippen molar-refractivity contribution < 1.29 is 13.2 Å². The highest BCUT2D eigenvalue weighted by molar-refractivity contribution is 7.92. The Bertz CT molecular complexity index is 631. The topological polar surface area (TPSA) is 66.5 Å². The largest absolute Gasteiger partial charge is 0.352 e. The van der Waals surface area contributed by atoms with E-state index < -0.39 is 16.1 Å². The number of rotatable bonds is 6. The van der Waals surface area contributed by atoms with Crippen LogP contribution in [0.3, 0.4) is 0 Å². The van der Waals surface area contributed by atoms with Gasteiger partial charge >= 0.3 is 0 Å². The van der Waals surface area contributed by atoms with Crippen molar-refractivity contribution in [1.82, 2.24) is 5.32 Å². The van der Waals surface area contributed by atoms with E-state index in [1.165, 1.54) is 6.07 Å². The van der Waals surface area contributed by atoms with Gasteiger partial charge in [-0.2, -0.15) is 0 Å². The van der Waals surface area contributed by atoms with E-state index >= 15 is 0 Å². The highest BCUT2D eigenvalue weighted by Gasteiger charge is 2.30. The minimum Gasteiger partial charge on any atom is -0.352 e. The number of amides is 1. The van der Waals surface area contributed by atoms with Crippen molar-refractivity contribution in [2.75, 3.05) is 10.6 Å². The van der Waals surface area contributed by atoms with Gasteiger partial charge in [-0.15, -0.1) is 0 Å². The summed E-state index contributed by atoms with van der Waals surface area (Å²) < 4.78 is 25.3. The second-order valence-electron chi connectivity index (χ2n) is 5.76. The van der Waals surface area contributed by atoms with Crippen molar-refractivity contribution in [1.29, 1.82) is 0 Å². The molecule has 7 heteroatoms. The number of anilines is 1. The molecule has 0 aliphatic heterocycles. The lowest BCUT2D eigenvalue weighted by Crippen LogP contribution is -2.50. The zero-order valence-electron chi connectivity index (χ0n) is 13.5. The summed E-state index contributed by atoms with van der Waals surface area (Å²) in [5.41, 5.74) is 0.370. The van der Waals surface area contributed by atoms with E-state index in [0.717, 1.165) is 10.6 Å². The van der Waals surface area contributed by atoms with Crippen LogP contribution in [0.1, 0.15) is 27.7 Å². The van der Waals surface area contributed by atoms with Crippen LogP contribution < -0.4 is 9.62 Å². The maximum absolute atomic E-state index is 12.4. The Kier molecular flexibility index (Phi) is 6.26. The van der Waals surface area contributed by atoms with Gasteiger partial charge in [-0.3, -0.25) is 9.10 Å². The molecule has 0 aliphatic rings. The maximum atomic E-state index is 12.4. The molecule has 0 heterocycles. The van der Waals surface area contributed by atoms with Gasteiger partial charge in [-0.25, -0.2) is 8.42 Å². The minimum atomic E-state index is -3.62. The number of carbonyl (C=O) groups excluding carboxylic acids is 1. The number of nitrogens with one attached hydrogen (secondary N) is 1. The van der Waals surface area contributed by atoms with Gasteiger partial charge in [-0.1, -0.05) is 31.5 Å². The number of nitrogens with zero attached hydrogens (tertiary/aromatic N) is 1. The summed E-state index contributed by atoms with van der Waals surface area (Å²) in [4.78, 5) is 12.4. The summed E-state index contributed by atoms with van der Waals surface area (Å²) in [6.07, 6.45) is 1.07. The fourth-order valence-corrected chi connectivity index (χ4v) is 3.28. The predicted molar refractivity (Wildman–Crippen MR) is 90.7 cm³/mol. The molecular weight excluding hydrogens is 324 g/mol. The van der Waals surface area contributed by atoms with E-state index in [1.54, 1.807) is 25.1 Å². The van der Waals surface area contributed by atoms with Crippen LogP contribution in [0.5, 0.6) is 0 Å². The van der Waals surface area contributed by atoms with Gasteiger partial charge in [0.25, 0.3) is 0 Å². The van der Waals surface area contributed by atoms with Gasteiger partial charge in [0.15, 0.2) is 0 Å². The first kappa shape index (κ1) is 18.8. The highest BCUT2D eigenvalue weighted by Crippen LogP contribution is 2.24. The first-order valence-corrected chi connectivity index (χ1v) is 9.32. The van der Waals surface area contributed by atoms with Gasteiger partial charge in [0, 0.05) is 11.1 Å². The third kappa shape index (κ3) is 4.88. The first-order chi connectivity index (χ1) is 10.0. The first-order valence-electron chi connectivity index (χ1n) is 7.09. The van der Waals surface area contributed by atoms with Gasteiger partial charge < -0.3 is 5.32 Å². The molecule has 1 N–H and O–H groups in total. The number of halogens is 1. The summed E-state index contributed by atoms with van der Waals surface area (Å²) in [6.45, 7) is 7.42. The van der Waals surface area contributed by atoms with Gasteiger partial charge in [0.1, 0.15) is 6.04 Å². The molecule has 0 radical (unpaired) electrons. The molecule has 0 aromatic heterocycles. The van der Waals surface area contributed by atoms with Crippen LogP contribution in [-0.4, -0.2) is 32.7 Å². The van der Waals surface area contributed by atoms with Crippen molar-refractivity contribution in [3.05, 3.63) is 29.3 Å². The van der Waals surface area contributed by atoms with Crippen LogP contribution in [0.15, 0.2) is 24.3 Å². The van der Waals surface area contributed by atoms with E-state index in [-0.39, 0.29) is 17.9 Å². The number of benzene rings is 1. The van der Waals surface area contributed by atoms with E-state index in [2.05, 4.69) is 5.32 Å². The molecule has 0 saturated heterocycles. The van der Waals surface area contributed by atoms with Crippen molar-refractivity contribution >= 4 is 33.2 Å². The third-order valence-electron chi connectivity index (χ3n) is 3.52. The average Bonchev–Trinajstić information content (AvgIpc) is 2.36. The molecule has 1 aromatic carbocycles. The molecule has 124 valence electrons. The monoisotopic (exact) mass is 346 g/mol. The second kappa shape index (κ2) is 7.33. The number of carbonyl (C=O) groups is 1. The van der Waals surface area contributed by atoms with Crippen LogP contribution in [0.4, 0.5) is 5.69 Å². The lowest BCUT2D eigenvalue weighted by molar-refractivity contribution is -0.122. The third-order valence-corrected chi connectivity index (χ3v) is 5.00. The molecule has 0 saturated carbocycles. The molecule has 2 atom stereocenters. The fraction of sp³-hybridized carbons (Fsp3) is 0.533. The van der Waals surface area contributed by atoms with Crippen molar-refractivity contribution in [3.8, 4) is 0 Å². The summed E-state index contributed by atoms with van der Waals surface area (Å²) in [7, 11) is -3.62. The predicted octanol–water partition coefficient (Wildman–Crippen LogP) is 2.66. The van der Waals surface area contributed by atoms with Crippen molar-refractivity contribution in [3.63, 3.8) is 0 Å². The molecule has 22 heavy (non-hydrogen) atoms. The fourth-order valence-electron chi connectivity index (χ4n) is 1.93. The molecular formula is C15H23ClN2O3S. The normalized spacial score (nSPS) is 14.5. The Morgan fingerprint density at radius 3 is 2.27 bits per heavy atom. The summed E-state index contributed by atoms with van der Waals surface area (Å²) in [5.74, 6) is -0.0828. The van der Waals surface area contributed by atoms with Crippen LogP contribution in [0, 0.1) is 5.92 Å². The van der Waals surface area contributed by atoms with Crippen LogP contribution in [0.25, 0.3) is 0 Å². The van der Waals surface area contributed by atoms with E-state index in [4.69, 9.17) is 11.6 Å². The van der Waals surface area contributed by atoms with Crippen LogP contribution in [-0.2, 0) is 14.8 Å². The molecule has 0 fully saturated rings. The average molecular weight is 347 g/mol. The highest BCUT2D eigenvalue weighted by atomic mass is 35.5. The van der Waals surface area contributed by atoms with Gasteiger partial charge in [0.05, 0.1) is 11.9 Å². The Balaban J connectivity index is 3.11. The Hall–Kier alpha value is -1.27.